The quantitative estimate of drug-likeness (QED) is 0.216. The van der Waals surface area contributed by atoms with Gasteiger partial charge in [-0.2, -0.15) is 0 Å². The van der Waals surface area contributed by atoms with Crippen molar-refractivity contribution < 1.29 is 0 Å². The van der Waals surface area contributed by atoms with Gasteiger partial charge in [-0.3, -0.25) is 0 Å². The summed E-state index contributed by atoms with van der Waals surface area (Å²) in [5.74, 6) is 0. The third kappa shape index (κ3) is 3.11. The lowest BCUT2D eigenvalue weighted by molar-refractivity contribution is 1.15. The van der Waals surface area contributed by atoms with Gasteiger partial charge in [-0.25, -0.2) is 0 Å². The molecule has 5 heteroatoms. The largest absolute Gasteiger partial charge is 0.368 e. The zero-order valence-corrected chi connectivity index (χ0v) is 24.7. The number of thioether (sulfide) groups is 1. The van der Waals surface area contributed by atoms with Crippen LogP contribution >= 0.6 is 34.4 Å². The third-order valence-electron chi connectivity index (χ3n) is 8.66. The number of para-hydroxylation sites is 2. The van der Waals surface area contributed by atoms with Crippen molar-refractivity contribution in [3.63, 3.8) is 0 Å². The molecule has 0 aliphatic carbocycles. The van der Waals surface area contributed by atoms with Gasteiger partial charge in [0.15, 0.2) is 0 Å². The van der Waals surface area contributed by atoms with E-state index < -0.39 is 0 Å². The van der Waals surface area contributed by atoms with Crippen molar-refractivity contribution in [3.8, 4) is 5.69 Å². The number of rotatable bonds is 2. The lowest BCUT2D eigenvalue weighted by Crippen LogP contribution is -2.03. The summed E-state index contributed by atoms with van der Waals surface area (Å²) in [5.41, 5.74) is 6.37. The smallest absolute Gasteiger partial charge is 0.104 e. The summed E-state index contributed by atoms with van der Waals surface area (Å²) in [4.78, 5) is 1.33. The van der Waals surface area contributed by atoms with Gasteiger partial charge in [-0.15, -0.1) is 22.7 Å². The SMILES string of the molecule is c1ccc2c(c1)sc1ccc3c(c12)NC(c1ccc(-n2c4ccccc4c4ccccc42)c2c1sc1ccccc12)S3. The Morgan fingerprint density at radius 2 is 1.14 bits per heavy atom. The second-order valence-electron chi connectivity index (χ2n) is 10.9. The summed E-state index contributed by atoms with van der Waals surface area (Å²) < 4.78 is 7.85. The summed E-state index contributed by atoms with van der Waals surface area (Å²) in [7, 11) is 0. The number of anilines is 1. The summed E-state index contributed by atoms with van der Waals surface area (Å²) in [6, 6.07) is 44.6. The predicted molar refractivity (Wildman–Crippen MR) is 185 cm³/mol. The van der Waals surface area contributed by atoms with E-state index in [-0.39, 0.29) is 5.37 Å². The molecular formula is C37H22N2S3. The van der Waals surface area contributed by atoms with Crippen LogP contribution in [0.15, 0.2) is 126 Å². The number of fused-ring (bicyclic) bond motifs is 11. The second-order valence-corrected chi connectivity index (χ2v) is 14.2. The van der Waals surface area contributed by atoms with E-state index in [1.807, 2.05) is 34.4 Å². The van der Waals surface area contributed by atoms with Crippen molar-refractivity contribution in [2.75, 3.05) is 5.32 Å². The molecule has 9 aromatic rings. The van der Waals surface area contributed by atoms with Gasteiger partial charge >= 0.3 is 0 Å². The van der Waals surface area contributed by atoms with E-state index in [9.17, 15) is 0 Å². The Morgan fingerprint density at radius 3 is 1.88 bits per heavy atom. The van der Waals surface area contributed by atoms with Crippen LogP contribution in [0.3, 0.4) is 0 Å². The predicted octanol–water partition coefficient (Wildman–Crippen LogP) is 11.7. The molecule has 2 nitrogen and oxygen atoms in total. The molecule has 0 saturated heterocycles. The number of nitrogens with one attached hydrogen (secondary N) is 1. The van der Waals surface area contributed by atoms with Crippen molar-refractivity contribution in [2.24, 2.45) is 0 Å². The maximum absolute atomic E-state index is 3.99. The Labute approximate surface area is 253 Å². The van der Waals surface area contributed by atoms with E-state index in [2.05, 4.69) is 131 Å². The fraction of sp³-hybridized carbons (Fsp3) is 0.0270. The topological polar surface area (TPSA) is 17.0 Å². The van der Waals surface area contributed by atoms with Crippen LogP contribution in [0, 0.1) is 0 Å². The van der Waals surface area contributed by atoms with Gasteiger partial charge in [0.2, 0.25) is 0 Å². The van der Waals surface area contributed by atoms with Gasteiger partial charge in [0.25, 0.3) is 0 Å². The Morgan fingerprint density at radius 1 is 0.524 bits per heavy atom. The van der Waals surface area contributed by atoms with Gasteiger partial charge in [0, 0.05) is 61.6 Å². The van der Waals surface area contributed by atoms with E-state index in [1.165, 1.54) is 84.0 Å². The van der Waals surface area contributed by atoms with Crippen molar-refractivity contribution >= 4 is 102 Å². The molecule has 6 aromatic carbocycles. The fourth-order valence-corrected chi connectivity index (χ4v) is 10.5. The normalized spacial score (nSPS) is 15.0. The highest BCUT2D eigenvalue weighted by atomic mass is 32.2. The van der Waals surface area contributed by atoms with Crippen LogP contribution in [0.5, 0.6) is 0 Å². The van der Waals surface area contributed by atoms with Crippen LogP contribution in [-0.2, 0) is 0 Å². The zero-order chi connectivity index (χ0) is 27.4. The standard InChI is InChI=1S/C37H22N2S3/c1-5-13-26-21(9-1)22-10-2-6-14-27(22)39(26)28-18-17-25(36-33(28)23-11-3-8-16-30(23)41-36)37-38-35-32(42-37)20-19-31-34(35)24-12-4-7-15-29(24)40-31/h1-20,37-38H. The lowest BCUT2D eigenvalue weighted by Gasteiger charge is -2.16. The molecule has 1 aliphatic heterocycles. The molecule has 0 radical (unpaired) electrons. The van der Waals surface area contributed by atoms with Gasteiger partial charge in [-0.1, -0.05) is 90.6 Å². The lowest BCUT2D eigenvalue weighted by atomic mass is 10.1. The molecule has 10 rings (SSSR count). The molecule has 1 N–H and O–H groups in total. The maximum atomic E-state index is 3.99. The second kappa shape index (κ2) is 8.62. The molecule has 0 spiro atoms. The van der Waals surface area contributed by atoms with E-state index in [0.29, 0.717) is 0 Å². The molecule has 0 fully saturated rings. The van der Waals surface area contributed by atoms with Crippen LogP contribution in [-0.4, -0.2) is 4.57 Å². The maximum Gasteiger partial charge on any atom is 0.104 e. The van der Waals surface area contributed by atoms with E-state index in [4.69, 9.17) is 0 Å². The Balaban J connectivity index is 1.23. The van der Waals surface area contributed by atoms with E-state index in [0.717, 1.165) is 0 Å². The van der Waals surface area contributed by atoms with Crippen molar-refractivity contribution in [1.29, 1.82) is 0 Å². The van der Waals surface area contributed by atoms with Crippen molar-refractivity contribution in [1.82, 2.24) is 4.57 Å². The number of hydrogen-bond donors (Lipinski definition) is 1. The Hall–Kier alpha value is -4.29. The van der Waals surface area contributed by atoms with Crippen LogP contribution in [0.4, 0.5) is 5.69 Å². The number of nitrogens with zero attached hydrogens (tertiary/aromatic N) is 1. The summed E-state index contributed by atoms with van der Waals surface area (Å²) >= 11 is 5.74. The first kappa shape index (κ1) is 23.3. The summed E-state index contributed by atoms with van der Waals surface area (Å²) in [6.07, 6.45) is 0. The van der Waals surface area contributed by atoms with Gasteiger partial charge in [0.1, 0.15) is 5.37 Å². The minimum absolute atomic E-state index is 0.145. The molecule has 1 unspecified atom stereocenters. The third-order valence-corrected chi connectivity index (χ3v) is 12.2. The first-order valence-corrected chi connectivity index (χ1v) is 16.6. The van der Waals surface area contributed by atoms with Crippen LogP contribution in [0.2, 0.25) is 0 Å². The zero-order valence-electron chi connectivity index (χ0n) is 22.3. The first-order chi connectivity index (χ1) is 20.8. The molecule has 4 heterocycles. The number of thiophene rings is 2. The summed E-state index contributed by atoms with van der Waals surface area (Å²) in [6.45, 7) is 0. The van der Waals surface area contributed by atoms with Crippen LogP contribution in [0.1, 0.15) is 10.9 Å². The van der Waals surface area contributed by atoms with Crippen molar-refractivity contribution in [2.45, 2.75) is 10.3 Å². The van der Waals surface area contributed by atoms with E-state index >= 15 is 0 Å². The summed E-state index contributed by atoms with van der Waals surface area (Å²) in [5, 5.41) is 12.1. The Bertz CT molecular complexity index is 2500. The van der Waals surface area contributed by atoms with Gasteiger partial charge in [0.05, 0.1) is 22.4 Å². The average molecular weight is 591 g/mol. The van der Waals surface area contributed by atoms with Crippen LogP contribution in [0.25, 0.3) is 67.8 Å². The number of benzene rings is 6. The number of hydrogen-bond acceptors (Lipinski definition) is 4. The Kier molecular flexibility index (Phi) is 4.78. The molecule has 0 bridgehead atoms. The first-order valence-electron chi connectivity index (χ1n) is 14.1. The van der Waals surface area contributed by atoms with E-state index in [1.54, 1.807) is 0 Å². The highest BCUT2D eigenvalue weighted by Gasteiger charge is 2.29. The molecular weight excluding hydrogens is 569 g/mol. The minimum Gasteiger partial charge on any atom is -0.368 e. The molecule has 1 aliphatic rings. The molecule has 0 amide bonds. The van der Waals surface area contributed by atoms with Gasteiger partial charge in [-0.05, 0) is 42.5 Å². The van der Waals surface area contributed by atoms with Crippen molar-refractivity contribution in [3.05, 3.63) is 127 Å². The molecule has 198 valence electrons. The highest BCUT2D eigenvalue weighted by Crippen LogP contribution is 2.54. The van der Waals surface area contributed by atoms with Crippen LogP contribution < -0.4 is 5.32 Å². The molecule has 42 heavy (non-hydrogen) atoms. The molecule has 1 atom stereocenters. The average Bonchev–Trinajstić information content (AvgIpc) is 3.80. The van der Waals surface area contributed by atoms with Gasteiger partial charge < -0.3 is 9.88 Å². The molecule has 0 saturated carbocycles. The fourth-order valence-electron chi connectivity index (χ4n) is 6.87. The molecule has 3 aromatic heterocycles. The highest BCUT2D eigenvalue weighted by molar-refractivity contribution is 8.00. The monoisotopic (exact) mass is 590 g/mol. The number of aromatic nitrogens is 1. The minimum atomic E-state index is 0.145.